The number of aromatic nitrogens is 2. The van der Waals surface area contributed by atoms with Crippen molar-refractivity contribution in [2.75, 3.05) is 24.5 Å². The molecular weight excluding hydrogens is 360 g/mol. The first-order valence-corrected chi connectivity index (χ1v) is 10.6. The summed E-state index contributed by atoms with van der Waals surface area (Å²) in [4.78, 5) is 26.7. The van der Waals surface area contributed by atoms with E-state index < -0.39 is 0 Å². The molecule has 2 aliphatic carbocycles. The zero-order chi connectivity index (χ0) is 18.4. The van der Waals surface area contributed by atoms with Gasteiger partial charge in [-0.05, 0) is 56.7 Å². The van der Waals surface area contributed by atoms with Crippen LogP contribution in [0.5, 0.6) is 0 Å². The summed E-state index contributed by atoms with van der Waals surface area (Å²) in [7, 11) is 0. The Labute approximate surface area is 164 Å². The Hall–Kier alpha value is -1.88. The minimum Gasteiger partial charge on any atom is -0.352 e. The van der Waals surface area contributed by atoms with E-state index in [1.165, 1.54) is 25.7 Å². The van der Waals surface area contributed by atoms with Crippen molar-refractivity contribution in [1.82, 2.24) is 14.9 Å². The zero-order valence-corrected chi connectivity index (χ0v) is 16.3. The van der Waals surface area contributed by atoms with Crippen molar-refractivity contribution in [3.63, 3.8) is 0 Å². The number of hydrogen-bond acceptors (Lipinski definition) is 4. The topological polar surface area (TPSA) is 49.3 Å². The van der Waals surface area contributed by atoms with Crippen molar-refractivity contribution in [2.24, 2.45) is 0 Å². The molecule has 2 heterocycles. The molecule has 3 fully saturated rings. The fraction of sp³-hybridized carbons (Fsp3) is 0.571. The van der Waals surface area contributed by atoms with Crippen molar-refractivity contribution in [2.45, 2.75) is 56.9 Å². The van der Waals surface area contributed by atoms with Crippen LogP contribution in [0.25, 0.3) is 10.9 Å². The second-order valence-electron chi connectivity index (χ2n) is 8.10. The Morgan fingerprint density at radius 1 is 1.15 bits per heavy atom. The van der Waals surface area contributed by atoms with Gasteiger partial charge in [-0.2, -0.15) is 0 Å². The molecule has 0 atom stereocenters. The van der Waals surface area contributed by atoms with Gasteiger partial charge in [0.1, 0.15) is 11.6 Å². The van der Waals surface area contributed by atoms with Crippen LogP contribution in [-0.2, 0) is 4.79 Å². The van der Waals surface area contributed by atoms with E-state index in [1.807, 2.05) is 23.1 Å². The Morgan fingerprint density at radius 2 is 1.93 bits per heavy atom. The SMILES string of the molecule is O=C(CCN(c1nc(C2CC2)nc2cc(Cl)ccc12)C1CC1)N1CCCC1. The number of carbonyl (C=O) groups excluding carboxylic acids is 1. The number of rotatable bonds is 6. The molecule has 0 unspecified atom stereocenters. The molecule has 0 bridgehead atoms. The molecule has 5 nitrogen and oxygen atoms in total. The number of amides is 1. The predicted molar refractivity (Wildman–Crippen MR) is 107 cm³/mol. The third kappa shape index (κ3) is 3.62. The molecule has 1 saturated heterocycles. The molecule has 6 heteroatoms. The fourth-order valence-electron chi connectivity index (χ4n) is 4.03. The molecule has 2 aromatic rings. The summed E-state index contributed by atoms with van der Waals surface area (Å²) in [6.45, 7) is 2.57. The molecular formula is C21H25ClN4O. The maximum atomic E-state index is 12.6. The largest absolute Gasteiger partial charge is 0.352 e. The van der Waals surface area contributed by atoms with E-state index in [0.717, 1.165) is 55.0 Å². The van der Waals surface area contributed by atoms with Crippen LogP contribution >= 0.6 is 11.6 Å². The van der Waals surface area contributed by atoms with Crippen molar-refractivity contribution in [1.29, 1.82) is 0 Å². The van der Waals surface area contributed by atoms with Gasteiger partial charge in [0.05, 0.1) is 5.52 Å². The van der Waals surface area contributed by atoms with Crippen LogP contribution < -0.4 is 4.90 Å². The quantitative estimate of drug-likeness (QED) is 0.750. The Bertz CT molecular complexity index is 872. The molecule has 0 spiro atoms. The maximum absolute atomic E-state index is 12.6. The first-order valence-electron chi connectivity index (χ1n) is 10.2. The van der Waals surface area contributed by atoms with Crippen molar-refractivity contribution >= 4 is 34.2 Å². The van der Waals surface area contributed by atoms with Gasteiger partial charge in [0.15, 0.2) is 0 Å². The molecule has 27 heavy (non-hydrogen) atoms. The van der Waals surface area contributed by atoms with Crippen LogP contribution in [-0.4, -0.2) is 46.5 Å². The Kier molecular flexibility index (Phi) is 4.43. The van der Waals surface area contributed by atoms with Gasteiger partial charge in [-0.15, -0.1) is 0 Å². The van der Waals surface area contributed by atoms with Crippen molar-refractivity contribution in [3.05, 3.63) is 29.0 Å². The third-order valence-electron chi connectivity index (χ3n) is 5.88. The van der Waals surface area contributed by atoms with Gasteiger partial charge in [-0.1, -0.05) is 11.6 Å². The van der Waals surface area contributed by atoms with Gasteiger partial charge in [0.2, 0.25) is 5.91 Å². The van der Waals surface area contributed by atoms with Crippen LogP contribution in [0.4, 0.5) is 5.82 Å². The van der Waals surface area contributed by atoms with Gasteiger partial charge in [0, 0.05) is 48.4 Å². The highest BCUT2D eigenvalue weighted by Crippen LogP contribution is 2.41. The van der Waals surface area contributed by atoms with Gasteiger partial charge >= 0.3 is 0 Å². The number of anilines is 1. The third-order valence-corrected chi connectivity index (χ3v) is 6.12. The lowest BCUT2D eigenvalue weighted by atomic mass is 10.2. The number of halogens is 1. The molecule has 2 saturated carbocycles. The van der Waals surface area contributed by atoms with E-state index >= 15 is 0 Å². The summed E-state index contributed by atoms with van der Waals surface area (Å²) in [6, 6.07) is 6.38. The second kappa shape index (κ2) is 6.93. The summed E-state index contributed by atoms with van der Waals surface area (Å²) in [5, 5.41) is 1.75. The predicted octanol–water partition coefficient (Wildman–Crippen LogP) is 4.14. The van der Waals surface area contributed by atoms with E-state index in [4.69, 9.17) is 21.6 Å². The average molecular weight is 385 g/mol. The van der Waals surface area contributed by atoms with E-state index in [9.17, 15) is 4.79 Å². The van der Waals surface area contributed by atoms with Crippen molar-refractivity contribution < 1.29 is 4.79 Å². The first-order chi connectivity index (χ1) is 13.2. The normalized spacial score (nSPS) is 19.7. The van der Waals surface area contributed by atoms with Gasteiger partial charge < -0.3 is 9.80 Å². The molecule has 5 rings (SSSR count). The van der Waals surface area contributed by atoms with Gasteiger partial charge in [0.25, 0.3) is 0 Å². The number of fused-ring (bicyclic) bond motifs is 1. The van der Waals surface area contributed by atoms with E-state index in [1.54, 1.807) is 0 Å². The summed E-state index contributed by atoms with van der Waals surface area (Å²) in [5.41, 5.74) is 0.922. The Morgan fingerprint density at radius 3 is 2.63 bits per heavy atom. The lowest BCUT2D eigenvalue weighted by Gasteiger charge is -2.26. The van der Waals surface area contributed by atoms with Crippen LogP contribution in [0.15, 0.2) is 18.2 Å². The lowest BCUT2D eigenvalue weighted by Crippen LogP contribution is -2.34. The molecule has 1 aliphatic heterocycles. The number of benzene rings is 1. The van der Waals surface area contributed by atoms with Crippen molar-refractivity contribution in [3.8, 4) is 0 Å². The number of likely N-dealkylation sites (tertiary alicyclic amines) is 1. The lowest BCUT2D eigenvalue weighted by molar-refractivity contribution is -0.129. The monoisotopic (exact) mass is 384 g/mol. The molecule has 0 radical (unpaired) electrons. The summed E-state index contributed by atoms with van der Waals surface area (Å²) in [6.07, 6.45) is 7.53. The zero-order valence-electron chi connectivity index (χ0n) is 15.5. The molecule has 0 N–H and O–H groups in total. The Balaban J connectivity index is 1.46. The number of nitrogens with zero attached hydrogens (tertiary/aromatic N) is 4. The molecule has 142 valence electrons. The summed E-state index contributed by atoms with van der Waals surface area (Å²) >= 11 is 6.22. The molecule has 1 aromatic carbocycles. The molecule has 3 aliphatic rings. The summed E-state index contributed by atoms with van der Waals surface area (Å²) < 4.78 is 0. The molecule has 1 amide bonds. The fourth-order valence-corrected chi connectivity index (χ4v) is 4.20. The van der Waals surface area contributed by atoms with Crippen LogP contribution in [0.1, 0.15) is 56.7 Å². The standard InChI is InChI=1S/C21H25ClN4O/c22-15-5-8-17-18(13-15)23-20(14-3-4-14)24-21(17)26(16-6-7-16)12-9-19(27)25-10-1-2-11-25/h5,8,13-14,16H,1-4,6-7,9-12H2. The highest BCUT2D eigenvalue weighted by Gasteiger charge is 2.34. The van der Waals surface area contributed by atoms with Crippen LogP contribution in [0, 0.1) is 0 Å². The summed E-state index contributed by atoms with van der Waals surface area (Å²) in [5.74, 6) is 2.70. The minimum absolute atomic E-state index is 0.280. The average Bonchev–Trinajstić information content (AvgIpc) is 3.60. The number of hydrogen-bond donors (Lipinski definition) is 0. The van der Waals surface area contributed by atoms with Gasteiger partial charge in [-0.25, -0.2) is 9.97 Å². The second-order valence-corrected chi connectivity index (χ2v) is 8.54. The minimum atomic E-state index is 0.280. The van der Waals surface area contributed by atoms with Gasteiger partial charge in [-0.3, -0.25) is 4.79 Å². The highest BCUT2D eigenvalue weighted by molar-refractivity contribution is 6.31. The van der Waals surface area contributed by atoms with E-state index in [0.29, 0.717) is 23.4 Å². The van der Waals surface area contributed by atoms with E-state index in [-0.39, 0.29) is 5.91 Å². The van der Waals surface area contributed by atoms with Crippen LogP contribution in [0.2, 0.25) is 5.02 Å². The number of carbonyl (C=O) groups is 1. The van der Waals surface area contributed by atoms with Crippen LogP contribution in [0.3, 0.4) is 0 Å². The molecule has 1 aromatic heterocycles. The smallest absolute Gasteiger partial charge is 0.224 e. The first kappa shape index (κ1) is 17.2. The highest BCUT2D eigenvalue weighted by atomic mass is 35.5. The van der Waals surface area contributed by atoms with E-state index in [2.05, 4.69) is 4.90 Å². The maximum Gasteiger partial charge on any atom is 0.224 e.